The van der Waals surface area contributed by atoms with Crippen molar-refractivity contribution < 1.29 is 34.0 Å². The van der Waals surface area contributed by atoms with Crippen molar-refractivity contribution in [3.63, 3.8) is 0 Å². The minimum atomic E-state index is -1.87. The molecule has 8 nitrogen and oxygen atoms in total. The van der Waals surface area contributed by atoms with Gasteiger partial charge in [-0.25, -0.2) is 9.59 Å². The Morgan fingerprint density at radius 1 is 1.12 bits per heavy atom. The lowest BCUT2D eigenvalue weighted by molar-refractivity contribution is -0.148. The van der Waals surface area contributed by atoms with E-state index in [1.54, 1.807) is 26.8 Å². The minimum Gasteiger partial charge on any atom is -0.493 e. The summed E-state index contributed by atoms with van der Waals surface area (Å²) in [5.74, 6) is -0.712. The number of aliphatic hydroxyl groups is 1. The quantitative estimate of drug-likeness (QED) is 0.721. The zero-order valence-electron chi connectivity index (χ0n) is 14.3. The van der Waals surface area contributed by atoms with Crippen LogP contribution in [0.15, 0.2) is 18.2 Å². The third kappa shape index (κ3) is 5.31. The van der Waals surface area contributed by atoms with Gasteiger partial charge in [-0.1, -0.05) is 6.07 Å². The van der Waals surface area contributed by atoms with Crippen molar-refractivity contribution in [3.05, 3.63) is 23.8 Å². The van der Waals surface area contributed by atoms with E-state index in [1.165, 1.54) is 26.4 Å². The van der Waals surface area contributed by atoms with Crippen LogP contribution in [0.5, 0.6) is 11.5 Å². The Hall–Kier alpha value is -2.48. The summed E-state index contributed by atoms with van der Waals surface area (Å²) in [7, 11) is 2.88. The molecule has 0 fully saturated rings. The van der Waals surface area contributed by atoms with E-state index >= 15 is 0 Å². The molecule has 0 aliphatic carbocycles. The van der Waals surface area contributed by atoms with Crippen molar-refractivity contribution in [1.29, 1.82) is 0 Å². The molecule has 8 heteroatoms. The number of carbonyl (C=O) groups is 2. The number of carboxylic acid groups (broad SMARTS) is 1. The number of benzene rings is 1. The van der Waals surface area contributed by atoms with Crippen molar-refractivity contribution in [2.24, 2.45) is 0 Å². The lowest BCUT2D eigenvalue weighted by atomic mass is 10.0. The van der Waals surface area contributed by atoms with Gasteiger partial charge >= 0.3 is 12.1 Å². The van der Waals surface area contributed by atoms with Gasteiger partial charge in [0, 0.05) is 0 Å². The predicted molar refractivity (Wildman–Crippen MR) is 85.3 cm³/mol. The molecule has 0 heterocycles. The molecule has 0 saturated carbocycles. The number of carbonyl (C=O) groups excluding carboxylic acids is 1. The van der Waals surface area contributed by atoms with Crippen molar-refractivity contribution in [2.45, 2.75) is 38.5 Å². The summed E-state index contributed by atoms with van der Waals surface area (Å²) >= 11 is 0. The van der Waals surface area contributed by atoms with Gasteiger partial charge in [0.1, 0.15) is 5.60 Å². The molecule has 134 valence electrons. The maximum Gasteiger partial charge on any atom is 0.408 e. The normalized spacial score (nSPS) is 13.6. The molecule has 0 spiro atoms. The number of carboxylic acids is 1. The number of hydrogen-bond donors (Lipinski definition) is 3. The standard InChI is InChI=1S/C16H23NO7/c1-16(2,3)24-15(21)17-12(13(18)14(19)20)9-6-7-10(22-4)11(8-9)23-5/h6-8,12-13,18H,1-5H3,(H,17,21)(H,19,20)/t12-,13-/m1/s1. The molecule has 0 aromatic heterocycles. The van der Waals surface area contributed by atoms with Crippen LogP contribution in [0, 0.1) is 0 Å². The molecule has 1 amide bonds. The highest BCUT2D eigenvalue weighted by Crippen LogP contribution is 2.31. The summed E-state index contributed by atoms with van der Waals surface area (Å²) in [6.45, 7) is 5.02. The number of alkyl carbamates (subject to hydrolysis) is 1. The van der Waals surface area contributed by atoms with E-state index < -0.39 is 29.8 Å². The Kier molecular flexibility index (Phi) is 6.42. The molecule has 0 aliphatic rings. The van der Waals surface area contributed by atoms with E-state index in [2.05, 4.69) is 5.32 Å². The van der Waals surface area contributed by atoms with Gasteiger partial charge in [0.2, 0.25) is 0 Å². The van der Waals surface area contributed by atoms with Crippen LogP contribution in [-0.4, -0.2) is 48.2 Å². The van der Waals surface area contributed by atoms with Gasteiger partial charge < -0.3 is 29.7 Å². The first-order valence-electron chi connectivity index (χ1n) is 7.21. The lowest BCUT2D eigenvalue weighted by Gasteiger charge is -2.25. The molecule has 3 N–H and O–H groups in total. The average molecular weight is 341 g/mol. The molecule has 0 bridgehead atoms. The second kappa shape index (κ2) is 7.87. The number of ether oxygens (including phenoxy) is 3. The van der Waals surface area contributed by atoms with Crippen LogP contribution in [0.2, 0.25) is 0 Å². The van der Waals surface area contributed by atoms with E-state index in [1.807, 2.05) is 0 Å². The molecular weight excluding hydrogens is 318 g/mol. The zero-order chi connectivity index (χ0) is 18.5. The van der Waals surface area contributed by atoms with Crippen LogP contribution < -0.4 is 14.8 Å². The number of methoxy groups -OCH3 is 2. The van der Waals surface area contributed by atoms with Gasteiger partial charge in [-0.3, -0.25) is 0 Å². The Morgan fingerprint density at radius 3 is 2.17 bits per heavy atom. The molecule has 1 rings (SSSR count). The Bertz CT molecular complexity index is 595. The predicted octanol–water partition coefficient (Wildman–Crippen LogP) is 1.72. The number of aliphatic hydroxyl groups excluding tert-OH is 1. The summed E-state index contributed by atoms with van der Waals surface area (Å²) in [5.41, 5.74) is -0.436. The third-order valence-corrected chi connectivity index (χ3v) is 3.01. The average Bonchev–Trinajstić information content (AvgIpc) is 2.49. The van der Waals surface area contributed by atoms with Gasteiger partial charge in [-0.2, -0.15) is 0 Å². The fraction of sp³-hybridized carbons (Fsp3) is 0.500. The van der Waals surface area contributed by atoms with E-state index in [4.69, 9.17) is 19.3 Å². The highest BCUT2D eigenvalue weighted by atomic mass is 16.6. The molecular formula is C16H23NO7. The molecule has 2 atom stereocenters. The van der Waals surface area contributed by atoms with Crippen LogP contribution in [0.3, 0.4) is 0 Å². The van der Waals surface area contributed by atoms with Crippen molar-refractivity contribution in [2.75, 3.05) is 14.2 Å². The van der Waals surface area contributed by atoms with Gasteiger partial charge in [-0.15, -0.1) is 0 Å². The SMILES string of the molecule is COc1ccc([C@@H](NC(=O)OC(C)(C)C)[C@@H](O)C(=O)O)cc1OC. The summed E-state index contributed by atoms with van der Waals surface area (Å²) in [6.07, 6.45) is -2.71. The van der Waals surface area contributed by atoms with Crippen molar-refractivity contribution >= 4 is 12.1 Å². The second-order valence-corrected chi connectivity index (χ2v) is 6.02. The first-order valence-corrected chi connectivity index (χ1v) is 7.21. The van der Waals surface area contributed by atoms with Gasteiger partial charge in [0.15, 0.2) is 17.6 Å². The molecule has 0 radical (unpaired) electrons. The van der Waals surface area contributed by atoms with Crippen LogP contribution in [-0.2, 0) is 9.53 Å². The summed E-state index contributed by atoms with van der Waals surface area (Å²) in [5, 5.41) is 21.4. The van der Waals surface area contributed by atoms with E-state index in [-0.39, 0.29) is 0 Å². The third-order valence-electron chi connectivity index (χ3n) is 3.01. The largest absolute Gasteiger partial charge is 0.493 e. The number of rotatable bonds is 6. The fourth-order valence-corrected chi connectivity index (χ4v) is 1.97. The maximum absolute atomic E-state index is 12.0. The zero-order valence-corrected chi connectivity index (χ0v) is 14.3. The molecule has 1 aromatic rings. The molecule has 24 heavy (non-hydrogen) atoms. The highest BCUT2D eigenvalue weighted by molar-refractivity contribution is 5.76. The Morgan fingerprint density at radius 2 is 1.71 bits per heavy atom. The number of aliphatic carboxylic acids is 1. The van der Waals surface area contributed by atoms with Crippen LogP contribution in [0.4, 0.5) is 4.79 Å². The lowest BCUT2D eigenvalue weighted by Crippen LogP contribution is -2.42. The van der Waals surface area contributed by atoms with Gasteiger partial charge in [0.05, 0.1) is 20.3 Å². The van der Waals surface area contributed by atoms with Crippen LogP contribution >= 0.6 is 0 Å². The van der Waals surface area contributed by atoms with Crippen LogP contribution in [0.25, 0.3) is 0 Å². The Labute approximate surface area is 140 Å². The number of amides is 1. The van der Waals surface area contributed by atoms with Crippen LogP contribution in [0.1, 0.15) is 32.4 Å². The summed E-state index contributed by atoms with van der Waals surface area (Å²) in [4.78, 5) is 23.1. The number of hydrogen-bond acceptors (Lipinski definition) is 6. The molecule has 0 aliphatic heterocycles. The van der Waals surface area contributed by atoms with Gasteiger partial charge in [0.25, 0.3) is 0 Å². The fourth-order valence-electron chi connectivity index (χ4n) is 1.97. The highest BCUT2D eigenvalue weighted by Gasteiger charge is 2.31. The Balaban J connectivity index is 3.15. The molecule has 1 aromatic carbocycles. The second-order valence-electron chi connectivity index (χ2n) is 6.02. The van der Waals surface area contributed by atoms with E-state index in [9.17, 15) is 14.7 Å². The topological polar surface area (TPSA) is 114 Å². The minimum absolute atomic E-state index is 0.327. The first kappa shape index (κ1) is 19.6. The molecule has 0 unspecified atom stereocenters. The van der Waals surface area contributed by atoms with Gasteiger partial charge in [-0.05, 0) is 38.5 Å². The summed E-state index contributed by atoms with van der Waals surface area (Å²) in [6, 6.07) is 3.33. The van der Waals surface area contributed by atoms with Crippen molar-refractivity contribution in [3.8, 4) is 11.5 Å². The maximum atomic E-state index is 12.0. The number of nitrogens with one attached hydrogen (secondary N) is 1. The molecule has 0 saturated heterocycles. The van der Waals surface area contributed by atoms with E-state index in [0.29, 0.717) is 17.1 Å². The smallest absolute Gasteiger partial charge is 0.408 e. The summed E-state index contributed by atoms with van der Waals surface area (Å²) < 4.78 is 15.4. The first-order chi connectivity index (χ1) is 11.1. The van der Waals surface area contributed by atoms with E-state index in [0.717, 1.165) is 0 Å². The monoisotopic (exact) mass is 341 g/mol. The van der Waals surface area contributed by atoms with Crippen molar-refractivity contribution in [1.82, 2.24) is 5.32 Å².